The third kappa shape index (κ3) is 6.95. The van der Waals surface area contributed by atoms with Gasteiger partial charge in [0.2, 0.25) is 17.7 Å². The Labute approximate surface area is 170 Å². The predicted octanol–water partition coefficient (Wildman–Crippen LogP) is -1.56. The van der Waals surface area contributed by atoms with Gasteiger partial charge >= 0.3 is 5.97 Å². The molecule has 0 aromatic carbocycles. The highest BCUT2D eigenvalue weighted by Gasteiger charge is 2.37. The topological polar surface area (TPSA) is 168 Å². The lowest BCUT2D eigenvalue weighted by atomic mass is 10.1. The molecule has 7 N–H and O–H groups in total. The van der Waals surface area contributed by atoms with Crippen molar-refractivity contribution in [2.45, 2.75) is 63.2 Å². The number of carbonyl (C=O) groups excluding carboxylic acids is 3. The average Bonchev–Trinajstić information content (AvgIpc) is 3.15. The number of unbranched alkanes of at least 4 members (excludes halogenated alkanes) is 1. The zero-order chi connectivity index (χ0) is 21.3. The molecule has 1 heterocycles. The molecule has 0 aromatic rings. The zero-order valence-electron chi connectivity index (χ0n) is 16.1. The molecule has 3 amide bonds. The predicted molar refractivity (Wildman–Crippen MR) is 107 cm³/mol. The van der Waals surface area contributed by atoms with Gasteiger partial charge in [0.05, 0.1) is 6.04 Å². The Morgan fingerprint density at radius 3 is 2.46 bits per heavy atom. The first kappa shape index (κ1) is 24.2. The molecule has 1 fully saturated rings. The van der Waals surface area contributed by atoms with Crippen LogP contribution in [0.3, 0.4) is 0 Å². The Morgan fingerprint density at radius 1 is 1.21 bits per heavy atom. The van der Waals surface area contributed by atoms with E-state index < -0.39 is 47.9 Å². The quantitative estimate of drug-likeness (QED) is 0.174. The molecular weight excluding hydrogens is 386 g/mol. The summed E-state index contributed by atoms with van der Waals surface area (Å²) in [5.74, 6) is -2.59. The first-order valence-corrected chi connectivity index (χ1v) is 10.1. The number of carboxylic acids is 1. The van der Waals surface area contributed by atoms with Gasteiger partial charge in [0.15, 0.2) is 0 Å². The lowest BCUT2D eigenvalue weighted by Crippen LogP contribution is -2.57. The van der Waals surface area contributed by atoms with E-state index in [1.54, 1.807) is 0 Å². The molecule has 1 aliphatic heterocycles. The second-order valence-electron chi connectivity index (χ2n) is 6.89. The van der Waals surface area contributed by atoms with Crippen LogP contribution in [0, 0.1) is 0 Å². The highest BCUT2D eigenvalue weighted by Crippen LogP contribution is 2.18. The molecule has 0 aliphatic carbocycles. The summed E-state index contributed by atoms with van der Waals surface area (Å²) in [7, 11) is 0. The number of carboxylic acid groups (broad SMARTS) is 1. The van der Waals surface area contributed by atoms with Crippen LogP contribution >= 0.6 is 12.6 Å². The molecule has 4 unspecified atom stereocenters. The molecule has 0 radical (unpaired) electrons. The average molecular weight is 418 g/mol. The van der Waals surface area contributed by atoms with Crippen molar-refractivity contribution in [1.29, 1.82) is 0 Å². The van der Waals surface area contributed by atoms with E-state index in [2.05, 4.69) is 23.3 Å². The van der Waals surface area contributed by atoms with Crippen LogP contribution in [-0.4, -0.2) is 76.7 Å². The molecule has 11 heteroatoms. The smallest absolute Gasteiger partial charge is 0.326 e. The maximum absolute atomic E-state index is 12.6. The van der Waals surface area contributed by atoms with Gasteiger partial charge in [-0.3, -0.25) is 14.4 Å². The van der Waals surface area contributed by atoms with Gasteiger partial charge in [-0.05, 0) is 39.2 Å². The minimum atomic E-state index is -1.07. The van der Waals surface area contributed by atoms with Gasteiger partial charge in [-0.1, -0.05) is 6.42 Å². The number of carbonyl (C=O) groups is 4. The lowest BCUT2D eigenvalue weighted by molar-refractivity contribution is -0.149. The van der Waals surface area contributed by atoms with Crippen molar-refractivity contribution in [3.63, 3.8) is 0 Å². The van der Waals surface area contributed by atoms with Crippen LogP contribution < -0.4 is 22.1 Å². The molecule has 10 nitrogen and oxygen atoms in total. The van der Waals surface area contributed by atoms with Crippen molar-refractivity contribution < 1.29 is 24.3 Å². The Bertz CT molecular complexity index is 576. The molecule has 1 aliphatic rings. The number of nitrogens with one attached hydrogen (secondary N) is 2. The third-order valence-corrected chi connectivity index (χ3v) is 5.04. The Morgan fingerprint density at radius 2 is 1.89 bits per heavy atom. The van der Waals surface area contributed by atoms with Gasteiger partial charge in [0.25, 0.3) is 0 Å². The van der Waals surface area contributed by atoms with E-state index in [0.29, 0.717) is 38.8 Å². The van der Waals surface area contributed by atoms with Gasteiger partial charge in [0.1, 0.15) is 18.1 Å². The van der Waals surface area contributed by atoms with Crippen LogP contribution in [0.15, 0.2) is 0 Å². The molecule has 1 saturated heterocycles. The number of amides is 3. The zero-order valence-corrected chi connectivity index (χ0v) is 17.0. The van der Waals surface area contributed by atoms with E-state index in [1.165, 1.54) is 11.8 Å². The van der Waals surface area contributed by atoms with Gasteiger partial charge in [-0.25, -0.2) is 4.79 Å². The summed E-state index contributed by atoms with van der Waals surface area (Å²) in [5, 5.41) is 14.3. The fraction of sp³-hybridized carbons (Fsp3) is 0.765. The fourth-order valence-corrected chi connectivity index (χ4v) is 3.24. The van der Waals surface area contributed by atoms with Gasteiger partial charge in [-0.15, -0.1) is 0 Å². The summed E-state index contributed by atoms with van der Waals surface area (Å²) in [6.45, 7) is 2.32. The first-order valence-electron chi connectivity index (χ1n) is 9.43. The Hall–Kier alpha value is -1.85. The van der Waals surface area contributed by atoms with Crippen molar-refractivity contribution in [1.82, 2.24) is 15.5 Å². The standard InChI is InChI=1S/C17H31N5O5S/c1-10(20-15(24)11(19)5-2-3-7-18)14(23)21-12(9-28)16(25)22-8-4-6-13(22)17(26)27/h10-13,28H,2-9,18-19H2,1H3,(H,20,24)(H,21,23)(H,26,27). The second kappa shape index (κ2) is 11.9. The van der Waals surface area contributed by atoms with Crippen LogP contribution in [0.1, 0.15) is 39.0 Å². The summed E-state index contributed by atoms with van der Waals surface area (Å²) in [5.41, 5.74) is 11.2. The Kier molecular flexibility index (Phi) is 10.3. The second-order valence-corrected chi connectivity index (χ2v) is 7.26. The fourth-order valence-electron chi connectivity index (χ4n) is 3.00. The molecule has 0 saturated carbocycles. The first-order chi connectivity index (χ1) is 13.2. The molecule has 160 valence electrons. The molecule has 0 aromatic heterocycles. The van der Waals surface area contributed by atoms with Crippen LogP contribution in [0.25, 0.3) is 0 Å². The van der Waals surface area contributed by atoms with E-state index in [1.807, 2.05) is 0 Å². The molecule has 0 spiro atoms. The normalized spacial score (nSPS) is 19.6. The largest absolute Gasteiger partial charge is 0.480 e. The minimum Gasteiger partial charge on any atom is -0.480 e. The molecular formula is C17H31N5O5S. The number of hydrogen-bond donors (Lipinski definition) is 6. The minimum absolute atomic E-state index is 0.00663. The molecule has 1 rings (SSSR count). The maximum atomic E-state index is 12.6. The van der Waals surface area contributed by atoms with Gasteiger partial charge in [0, 0.05) is 12.3 Å². The molecule has 28 heavy (non-hydrogen) atoms. The van der Waals surface area contributed by atoms with Gasteiger partial charge in [-0.2, -0.15) is 12.6 Å². The van der Waals surface area contributed by atoms with Crippen molar-refractivity contribution in [2.75, 3.05) is 18.8 Å². The summed E-state index contributed by atoms with van der Waals surface area (Å²) in [4.78, 5) is 49.6. The monoisotopic (exact) mass is 417 g/mol. The van der Waals surface area contributed by atoms with E-state index in [9.17, 15) is 24.3 Å². The van der Waals surface area contributed by atoms with Crippen molar-refractivity contribution >= 4 is 36.3 Å². The van der Waals surface area contributed by atoms with Crippen LogP contribution in [0.4, 0.5) is 0 Å². The van der Waals surface area contributed by atoms with Crippen LogP contribution in [0.5, 0.6) is 0 Å². The van der Waals surface area contributed by atoms with Crippen LogP contribution in [0.2, 0.25) is 0 Å². The van der Waals surface area contributed by atoms with Crippen molar-refractivity contribution in [2.24, 2.45) is 11.5 Å². The lowest BCUT2D eigenvalue weighted by Gasteiger charge is -2.27. The van der Waals surface area contributed by atoms with Crippen molar-refractivity contribution in [3.8, 4) is 0 Å². The number of likely N-dealkylation sites (tertiary alicyclic amines) is 1. The van der Waals surface area contributed by atoms with Gasteiger partial charge < -0.3 is 32.1 Å². The SMILES string of the molecule is CC(NC(=O)C(N)CCCCN)C(=O)NC(CS)C(=O)N1CCCC1C(=O)O. The Balaban J connectivity index is 2.59. The summed E-state index contributed by atoms with van der Waals surface area (Å²) in [6.07, 6.45) is 2.90. The van der Waals surface area contributed by atoms with E-state index >= 15 is 0 Å². The highest BCUT2D eigenvalue weighted by atomic mass is 32.1. The molecule has 0 bridgehead atoms. The highest BCUT2D eigenvalue weighted by molar-refractivity contribution is 7.80. The van der Waals surface area contributed by atoms with Crippen LogP contribution in [-0.2, 0) is 19.2 Å². The van der Waals surface area contributed by atoms with Crippen molar-refractivity contribution in [3.05, 3.63) is 0 Å². The van der Waals surface area contributed by atoms with E-state index in [0.717, 1.165) is 6.42 Å². The van der Waals surface area contributed by atoms with E-state index in [-0.39, 0.29) is 5.75 Å². The summed E-state index contributed by atoms with van der Waals surface area (Å²) >= 11 is 4.09. The maximum Gasteiger partial charge on any atom is 0.326 e. The number of thiol groups is 1. The third-order valence-electron chi connectivity index (χ3n) is 4.68. The number of nitrogens with zero attached hydrogens (tertiary/aromatic N) is 1. The number of rotatable bonds is 11. The number of hydrogen-bond acceptors (Lipinski definition) is 7. The number of nitrogens with two attached hydrogens (primary N) is 2. The van der Waals surface area contributed by atoms with E-state index in [4.69, 9.17) is 11.5 Å². The summed E-state index contributed by atoms with van der Waals surface area (Å²) in [6, 6.07) is -3.52. The number of aliphatic carboxylic acids is 1. The summed E-state index contributed by atoms with van der Waals surface area (Å²) < 4.78 is 0. The molecule has 4 atom stereocenters.